The topological polar surface area (TPSA) is 87.6 Å². The Morgan fingerprint density at radius 3 is 2.75 bits per heavy atom. The van der Waals surface area contributed by atoms with E-state index >= 15 is 0 Å². The van der Waals surface area contributed by atoms with Gasteiger partial charge in [-0.15, -0.1) is 0 Å². The summed E-state index contributed by atoms with van der Waals surface area (Å²) in [7, 11) is 1.80. The molecular formula is C13H14FN5O. The molecule has 0 amide bonds. The number of benzene rings is 1. The van der Waals surface area contributed by atoms with Gasteiger partial charge >= 0.3 is 0 Å². The summed E-state index contributed by atoms with van der Waals surface area (Å²) in [6.07, 6.45) is 2.23. The number of amidine groups is 1. The van der Waals surface area contributed by atoms with Crippen molar-refractivity contribution in [2.45, 2.75) is 6.54 Å². The van der Waals surface area contributed by atoms with Gasteiger partial charge in [0.2, 0.25) is 5.95 Å². The summed E-state index contributed by atoms with van der Waals surface area (Å²) >= 11 is 0. The highest BCUT2D eigenvalue weighted by Crippen LogP contribution is 2.11. The van der Waals surface area contributed by atoms with Gasteiger partial charge in [-0.25, -0.2) is 14.4 Å². The predicted octanol–water partition coefficient (Wildman–Crippen LogP) is 1.35. The highest BCUT2D eigenvalue weighted by Gasteiger charge is 2.07. The zero-order valence-corrected chi connectivity index (χ0v) is 10.9. The van der Waals surface area contributed by atoms with Gasteiger partial charge in [0.1, 0.15) is 0 Å². The van der Waals surface area contributed by atoms with E-state index < -0.39 is 5.82 Å². The summed E-state index contributed by atoms with van der Waals surface area (Å²) in [6.45, 7) is 0.512. The molecule has 2 rings (SSSR count). The molecule has 0 aliphatic rings. The third-order valence-electron chi connectivity index (χ3n) is 2.70. The van der Waals surface area contributed by atoms with Crippen LogP contribution in [0, 0.1) is 5.82 Å². The Morgan fingerprint density at radius 1 is 1.40 bits per heavy atom. The maximum Gasteiger partial charge on any atom is 0.225 e. The van der Waals surface area contributed by atoms with Crippen LogP contribution in [-0.4, -0.2) is 28.1 Å². The van der Waals surface area contributed by atoms with E-state index in [1.54, 1.807) is 24.1 Å². The molecule has 0 aliphatic heterocycles. The Bertz CT molecular complexity index is 614. The molecule has 0 aliphatic carbocycles. The van der Waals surface area contributed by atoms with Gasteiger partial charge in [-0.1, -0.05) is 23.4 Å². The van der Waals surface area contributed by atoms with Crippen LogP contribution in [0.5, 0.6) is 0 Å². The van der Waals surface area contributed by atoms with E-state index in [0.717, 1.165) is 18.0 Å². The number of aromatic nitrogens is 2. The Hall–Kier alpha value is -2.70. The fourth-order valence-electron chi connectivity index (χ4n) is 1.73. The number of hydrogen-bond acceptors (Lipinski definition) is 5. The average molecular weight is 275 g/mol. The van der Waals surface area contributed by atoms with Gasteiger partial charge in [-0.3, -0.25) is 0 Å². The van der Waals surface area contributed by atoms with E-state index in [4.69, 9.17) is 10.9 Å². The standard InChI is InChI=1S/C13H14FN5O/c1-19(13-16-6-11(14)7-17-13)8-9-3-2-4-10(5-9)12(15)18-20/h2-7,20H,8H2,1H3,(H2,15,18). The lowest BCUT2D eigenvalue weighted by Gasteiger charge is -2.17. The van der Waals surface area contributed by atoms with Gasteiger partial charge in [0.05, 0.1) is 12.4 Å². The van der Waals surface area contributed by atoms with E-state index in [0.29, 0.717) is 18.1 Å². The molecule has 0 radical (unpaired) electrons. The zero-order valence-electron chi connectivity index (χ0n) is 10.9. The SMILES string of the molecule is CN(Cc1cccc(/C(N)=N/O)c1)c1ncc(F)cn1. The number of anilines is 1. The number of rotatable bonds is 4. The van der Waals surface area contributed by atoms with Crippen molar-refractivity contribution < 1.29 is 9.60 Å². The van der Waals surface area contributed by atoms with Crippen molar-refractivity contribution >= 4 is 11.8 Å². The maximum atomic E-state index is 12.8. The van der Waals surface area contributed by atoms with E-state index in [2.05, 4.69) is 15.1 Å². The smallest absolute Gasteiger partial charge is 0.225 e. The van der Waals surface area contributed by atoms with Crippen molar-refractivity contribution in [3.8, 4) is 0 Å². The van der Waals surface area contributed by atoms with Crippen LogP contribution in [0.15, 0.2) is 41.8 Å². The van der Waals surface area contributed by atoms with E-state index in [1.165, 1.54) is 0 Å². The lowest BCUT2D eigenvalue weighted by molar-refractivity contribution is 0.318. The molecule has 1 heterocycles. The highest BCUT2D eigenvalue weighted by molar-refractivity contribution is 5.97. The normalized spacial score (nSPS) is 11.4. The fourth-order valence-corrected chi connectivity index (χ4v) is 1.73. The molecule has 7 heteroatoms. The number of oxime groups is 1. The molecule has 2 aromatic rings. The van der Waals surface area contributed by atoms with Crippen LogP contribution >= 0.6 is 0 Å². The first-order valence-corrected chi connectivity index (χ1v) is 5.85. The monoisotopic (exact) mass is 275 g/mol. The van der Waals surface area contributed by atoms with Gasteiger partial charge in [-0.05, 0) is 11.6 Å². The van der Waals surface area contributed by atoms with Crippen LogP contribution in [0.3, 0.4) is 0 Å². The van der Waals surface area contributed by atoms with Crippen molar-refractivity contribution in [2.24, 2.45) is 10.9 Å². The third kappa shape index (κ3) is 3.19. The quantitative estimate of drug-likeness (QED) is 0.380. The average Bonchev–Trinajstić information content (AvgIpc) is 2.47. The maximum absolute atomic E-state index is 12.8. The van der Waals surface area contributed by atoms with Gasteiger partial charge in [0.15, 0.2) is 11.7 Å². The number of halogens is 1. The van der Waals surface area contributed by atoms with Crippen LogP contribution in [0.1, 0.15) is 11.1 Å². The summed E-state index contributed by atoms with van der Waals surface area (Å²) in [5.74, 6) is -0.00999. The van der Waals surface area contributed by atoms with Crippen molar-refractivity contribution in [3.05, 3.63) is 53.6 Å². The van der Waals surface area contributed by atoms with Crippen molar-refractivity contribution in [3.63, 3.8) is 0 Å². The van der Waals surface area contributed by atoms with Crippen molar-refractivity contribution in [1.29, 1.82) is 0 Å². The molecule has 0 bridgehead atoms. The van der Waals surface area contributed by atoms with Gasteiger partial charge in [-0.2, -0.15) is 0 Å². The molecule has 104 valence electrons. The number of nitrogens with zero attached hydrogens (tertiary/aromatic N) is 4. The first kappa shape index (κ1) is 13.7. The first-order chi connectivity index (χ1) is 9.60. The molecule has 1 aromatic carbocycles. The van der Waals surface area contributed by atoms with E-state index in [1.807, 2.05) is 12.1 Å². The van der Waals surface area contributed by atoms with Crippen LogP contribution in [0.2, 0.25) is 0 Å². The van der Waals surface area contributed by atoms with E-state index in [9.17, 15) is 4.39 Å². The minimum Gasteiger partial charge on any atom is -0.409 e. The second kappa shape index (κ2) is 5.96. The first-order valence-electron chi connectivity index (χ1n) is 5.85. The Kier molecular flexibility index (Phi) is 4.09. The van der Waals surface area contributed by atoms with Crippen molar-refractivity contribution in [1.82, 2.24) is 9.97 Å². The second-order valence-corrected chi connectivity index (χ2v) is 4.24. The molecule has 20 heavy (non-hydrogen) atoms. The molecule has 0 unspecified atom stereocenters. The molecule has 0 fully saturated rings. The summed E-state index contributed by atoms with van der Waals surface area (Å²) in [6, 6.07) is 7.25. The summed E-state index contributed by atoms with van der Waals surface area (Å²) in [5, 5.41) is 11.6. The summed E-state index contributed by atoms with van der Waals surface area (Å²) in [4.78, 5) is 9.57. The number of nitrogens with two attached hydrogens (primary N) is 1. The van der Waals surface area contributed by atoms with Crippen molar-refractivity contribution in [2.75, 3.05) is 11.9 Å². The summed E-state index contributed by atoms with van der Waals surface area (Å²) < 4.78 is 12.8. The Morgan fingerprint density at radius 2 is 2.10 bits per heavy atom. The Balaban J connectivity index is 2.15. The third-order valence-corrected chi connectivity index (χ3v) is 2.70. The fraction of sp³-hybridized carbons (Fsp3) is 0.154. The molecule has 1 aromatic heterocycles. The zero-order chi connectivity index (χ0) is 14.5. The van der Waals surface area contributed by atoms with Crippen LogP contribution in [0.25, 0.3) is 0 Å². The molecular weight excluding hydrogens is 261 g/mol. The second-order valence-electron chi connectivity index (χ2n) is 4.24. The lowest BCUT2D eigenvalue weighted by atomic mass is 10.1. The van der Waals surface area contributed by atoms with E-state index in [-0.39, 0.29) is 5.84 Å². The minimum absolute atomic E-state index is 0.0486. The Labute approximate surface area is 115 Å². The van der Waals surface area contributed by atoms with Crippen LogP contribution in [-0.2, 0) is 6.54 Å². The molecule has 6 nitrogen and oxygen atoms in total. The predicted molar refractivity (Wildman–Crippen MR) is 73.0 cm³/mol. The van der Waals surface area contributed by atoms with Gasteiger partial charge in [0, 0.05) is 19.2 Å². The molecule has 0 spiro atoms. The molecule has 0 atom stereocenters. The molecule has 3 N–H and O–H groups in total. The lowest BCUT2D eigenvalue weighted by Crippen LogP contribution is -2.20. The minimum atomic E-state index is -0.476. The van der Waals surface area contributed by atoms with Crippen LogP contribution < -0.4 is 10.6 Å². The largest absolute Gasteiger partial charge is 0.409 e. The van der Waals surface area contributed by atoms with Gasteiger partial charge < -0.3 is 15.8 Å². The number of hydrogen-bond donors (Lipinski definition) is 2. The highest BCUT2D eigenvalue weighted by atomic mass is 19.1. The molecule has 0 saturated carbocycles. The van der Waals surface area contributed by atoms with Crippen LogP contribution in [0.4, 0.5) is 10.3 Å². The van der Waals surface area contributed by atoms with Gasteiger partial charge in [0.25, 0.3) is 0 Å². The molecule has 0 saturated heterocycles. The summed E-state index contributed by atoms with van der Waals surface area (Å²) in [5.41, 5.74) is 7.10.